The molecule has 2 aromatic heterocycles. The normalized spacial score (nSPS) is 19.2. The van der Waals surface area contributed by atoms with Crippen LogP contribution in [-0.4, -0.2) is 62.6 Å². The fourth-order valence-electron chi connectivity index (χ4n) is 4.50. The highest BCUT2D eigenvalue weighted by Crippen LogP contribution is 2.55. The summed E-state index contributed by atoms with van der Waals surface area (Å²) in [5, 5.41) is 7.63. The summed E-state index contributed by atoms with van der Waals surface area (Å²) in [6.07, 6.45) is 4.92. The molecule has 1 amide bonds. The van der Waals surface area contributed by atoms with Crippen LogP contribution in [0.2, 0.25) is 0 Å². The summed E-state index contributed by atoms with van der Waals surface area (Å²) >= 11 is 0. The maximum atomic E-state index is 15.2. The van der Waals surface area contributed by atoms with Crippen molar-refractivity contribution < 1.29 is 36.9 Å². The summed E-state index contributed by atoms with van der Waals surface area (Å²) in [4.78, 5) is 23.8. The van der Waals surface area contributed by atoms with E-state index in [9.17, 15) is 9.36 Å². The number of hydrogen-bond donors (Lipinski definition) is 1. The van der Waals surface area contributed by atoms with Gasteiger partial charge in [-0.2, -0.15) is 0 Å². The van der Waals surface area contributed by atoms with E-state index in [2.05, 4.69) is 20.8 Å². The maximum Gasteiger partial charge on any atom is 0.475 e. The van der Waals surface area contributed by atoms with Gasteiger partial charge >= 0.3 is 13.9 Å². The van der Waals surface area contributed by atoms with E-state index in [1.165, 1.54) is 11.0 Å². The minimum Gasteiger partial charge on any atom is -0.442 e. The van der Waals surface area contributed by atoms with Crippen molar-refractivity contribution >= 4 is 25.3 Å². The van der Waals surface area contributed by atoms with Gasteiger partial charge in [0.15, 0.2) is 0 Å². The molecule has 1 saturated heterocycles. The number of aromatic nitrogens is 4. The third kappa shape index (κ3) is 8.07. The SMILES string of the molecule is CC(C)(C)OP(=O)(OC[C@@H]1C=C(c2ccc(-c3ccc(N4C[C@H](Cn5ccnn5)OC4=O)cc3F)cn2)NO1)OC(C)(C)C. The van der Waals surface area contributed by atoms with Crippen molar-refractivity contribution in [2.45, 2.75) is 71.5 Å². The van der Waals surface area contributed by atoms with Crippen molar-refractivity contribution in [2.24, 2.45) is 0 Å². The molecule has 4 heterocycles. The van der Waals surface area contributed by atoms with Crippen LogP contribution in [0.15, 0.2) is 55.0 Å². The number of benzene rings is 1. The minimum absolute atomic E-state index is 0.0959. The van der Waals surface area contributed by atoms with Gasteiger partial charge in [-0.25, -0.2) is 18.4 Å². The summed E-state index contributed by atoms with van der Waals surface area (Å²) in [5.74, 6) is -0.511. The lowest BCUT2D eigenvalue weighted by Crippen LogP contribution is -2.26. The van der Waals surface area contributed by atoms with E-state index >= 15 is 4.39 Å². The van der Waals surface area contributed by atoms with Crippen molar-refractivity contribution in [2.75, 3.05) is 18.1 Å². The molecule has 0 spiro atoms. The molecule has 13 nitrogen and oxygen atoms in total. The molecule has 236 valence electrons. The van der Waals surface area contributed by atoms with E-state index in [0.717, 1.165) is 0 Å². The van der Waals surface area contributed by atoms with E-state index < -0.39 is 43.1 Å². The molecule has 44 heavy (non-hydrogen) atoms. The molecule has 1 aromatic carbocycles. The Morgan fingerprint density at radius 1 is 1.11 bits per heavy atom. The zero-order valence-electron chi connectivity index (χ0n) is 25.4. The van der Waals surface area contributed by atoms with Gasteiger partial charge in [-0.1, -0.05) is 11.3 Å². The molecular weight excluding hydrogens is 594 g/mol. The molecule has 15 heteroatoms. The van der Waals surface area contributed by atoms with Crippen LogP contribution in [0.5, 0.6) is 0 Å². The maximum absolute atomic E-state index is 15.2. The first-order chi connectivity index (χ1) is 20.7. The summed E-state index contributed by atoms with van der Waals surface area (Å²) in [5.41, 5.74) is 3.65. The number of rotatable bonds is 10. The first kappa shape index (κ1) is 31.7. The molecule has 1 N–H and O–H groups in total. The van der Waals surface area contributed by atoms with Crippen LogP contribution in [0, 0.1) is 5.82 Å². The fraction of sp³-hybridized carbons (Fsp3) is 0.448. The number of halogens is 1. The van der Waals surface area contributed by atoms with E-state index in [1.54, 1.807) is 95.2 Å². The topological polar surface area (TPSA) is 139 Å². The Labute approximate surface area is 254 Å². The van der Waals surface area contributed by atoms with Gasteiger partial charge in [-0.3, -0.25) is 33.8 Å². The van der Waals surface area contributed by atoms with Gasteiger partial charge in [-0.15, -0.1) is 5.10 Å². The average Bonchev–Trinajstić information content (AvgIpc) is 3.68. The molecule has 0 bridgehead atoms. The molecule has 5 rings (SSSR count). The second-order valence-electron chi connectivity index (χ2n) is 12.3. The summed E-state index contributed by atoms with van der Waals surface area (Å²) in [6, 6.07) is 8.01. The number of nitrogens with zero attached hydrogens (tertiary/aromatic N) is 5. The molecule has 1 fully saturated rings. The molecule has 2 aliphatic heterocycles. The lowest BCUT2D eigenvalue weighted by Gasteiger charge is -2.31. The van der Waals surface area contributed by atoms with Gasteiger partial charge in [0, 0.05) is 23.5 Å². The molecule has 2 atom stereocenters. The summed E-state index contributed by atoms with van der Waals surface area (Å²) in [7, 11) is -3.90. The second-order valence-corrected chi connectivity index (χ2v) is 13.8. The molecule has 0 unspecified atom stereocenters. The standard InChI is InChI=1S/C29H36FN6O7P/c1-28(2,3)42-44(38,43-29(4,5)6)39-18-21-14-26(33-41-21)25-10-7-19(15-31-25)23-9-8-20(13-24(23)30)36-17-22(40-27(36)37)16-35-12-11-32-34-35/h7-15,21-22,33H,16-18H2,1-6H3/t21-,22-/m0/s1. The third-order valence-electron chi connectivity index (χ3n) is 6.19. The number of phosphoric acid groups is 1. The Hall–Kier alpha value is -3.68. The average molecular weight is 631 g/mol. The molecule has 0 aliphatic carbocycles. The third-order valence-corrected chi connectivity index (χ3v) is 8.20. The number of nitrogens with one attached hydrogen (secondary N) is 1. The summed E-state index contributed by atoms with van der Waals surface area (Å²) < 4.78 is 52.4. The van der Waals surface area contributed by atoms with E-state index in [4.69, 9.17) is 23.1 Å². The van der Waals surface area contributed by atoms with Crippen LogP contribution >= 0.6 is 7.82 Å². The number of ether oxygens (including phenoxy) is 1. The number of pyridine rings is 1. The lowest BCUT2D eigenvalue weighted by atomic mass is 10.1. The Bertz CT molecular complexity index is 1530. The van der Waals surface area contributed by atoms with Gasteiger partial charge in [0.1, 0.15) is 18.0 Å². The zero-order valence-corrected chi connectivity index (χ0v) is 26.3. The van der Waals surface area contributed by atoms with Crippen LogP contribution in [0.3, 0.4) is 0 Å². The monoisotopic (exact) mass is 630 g/mol. The number of cyclic esters (lactones) is 1. The Morgan fingerprint density at radius 3 is 2.48 bits per heavy atom. The summed E-state index contributed by atoms with van der Waals surface area (Å²) in [6.45, 7) is 11.1. The Morgan fingerprint density at radius 2 is 1.86 bits per heavy atom. The lowest BCUT2D eigenvalue weighted by molar-refractivity contribution is -0.0236. The zero-order chi connectivity index (χ0) is 31.7. The van der Waals surface area contributed by atoms with Crippen LogP contribution in [0.25, 0.3) is 16.8 Å². The number of amides is 1. The molecule has 0 radical (unpaired) electrons. The molecule has 0 saturated carbocycles. The highest BCUT2D eigenvalue weighted by Gasteiger charge is 2.38. The quantitative estimate of drug-likeness (QED) is 0.284. The smallest absolute Gasteiger partial charge is 0.442 e. The minimum atomic E-state index is -3.90. The van der Waals surface area contributed by atoms with Crippen LogP contribution < -0.4 is 10.4 Å². The number of phosphoric ester groups is 1. The molecular formula is C29H36FN6O7P. The number of hydroxylamine groups is 1. The van der Waals surface area contributed by atoms with Crippen molar-refractivity contribution in [3.05, 3.63) is 66.5 Å². The fourth-order valence-corrected chi connectivity index (χ4v) is 6.32. The van der Waals surface area contributed by atoms with Gasteiger partial charge in [0.05, 0.1) is 54.2 Å². The van der Waals surface area contributed by atoms with Crippen LogP contribution in [0.4, 0.5) is 14.9 Å². The van der Waals surface area contributed by atoms with Gasteiger partial charge in [-0.05, 0) is 71.9 Å². The van der Waals surface area contributed by atoms with Crippen molar-refractivity contribution in [3.8, 4) is 11.1 Å². The van der Waals surface area contributed by atoms with Crippen molar-refractivity contribution in [1.29, 1.82) is 0 Å². The van der Waals surface area contributed by atoms with Crippen LogP contribution in [0.1, 0.15) is 47.2 Å². The highest BCUT2D eigenvalue weighted by atomic mass is 31.2. The number of anilines is 1. The second kappa shape index (κ2) is 12.4. The van der Waals surface area contributed by atoms with E-state index in [0.29, 0.717) is 34.8 Å². The number of carbonyl (C=O) groups is 1. The number of carbonyl (C=O) groups excluding carboxylic acids is 1. The van der Waals surface area contributed by atoms with Crippen molar-refractivity contribution in [3.63, 3.8) is 0 Å². The molecule has 2 aliphatic rings. The van der Waals surface area contributed by atoms with Crippen molar-refractivity contribution in [1.82, 2.24) is 25.5 Å². The molecule has 3 aromatic rings. The Balaban J connectivity index is 1.22. The van der Waals surface area contributed by atoms with Gasteiger partial charge in [0.25, 0.3) is 0 Å². The van der Waals surface area contributed by atoms with E-state index in [1.807, 2.05) is 0 Å². The first-order valence-electron chi connectivity index (χ1n) is 14.0. The van der Waals surface area contributed by atoms with Gasteiger partial charge in [0.2, 0.25) is 0 Å². The highest BCUT2D eigenvalue weighted by molar-refractivity contribution is 7.48. The predicted octanol–water partition coefficient (Wildman–Crippen LogP) is 5.50. The van der Waals surface area contributed by atoms with E-state index in [-0.39, 0.29) is 13.2 Å². The Kier molecular flexibility index (Phi) is 8.92. The van der Waals surface area contributed by atoms with Gasteiger partial charge < -0.3 is 4.74 Å². The first-order valence-corrected chi connectivity index (χ1v) is 15.5. The largest absolute Gasteiger partial charge is 0.475 e. The predicted molar refractivity (Wildman–Crippen MR) is 158 cm³/mol. The van der Waals surface area contributed by atoms with Crippen LogP contribution in [-0.2, 0) is 34.3 Å². The number of hydrogen-bond acceptors (Lipinski definition) is 11.